The number of Topliss-reactive ketones (excluding diaryl/α,β-unsaturated/α-hetero) is 1. The molecule has 0 aromatic carbocycles. The Hall–Kier alpha value is -2.52. The highest BCUT2D eigenvalue weighted by atomic mass is 35.5. The summed E-state index contributed by atoms with van der Waals surface area (Å²) in [6.45, 7) is 17.4. The molecule has 0 aromatic rings. The molecule has 4 saturated carbocycles. The number of hydrogen-bond donors (Lipinski definition) is 0. The van der Waals surface area contributed by atoms with Crippen molar-refractivity contribution >= 4 is 41.9 Å². The lowest BCUT2D eigenvalue weighted by Gasteiger charge is -2.61. The average molecular weight is 690 g/mol. The summed E-state index contributed by atoms with van der Waals surface area (Å²) >= 11 is 0. The van der Waals surface area contributed by atoms with Crippen LogP contribution >= 0.6 is 12.4 Å². The van der Waals surface area contributed by atoms with Crippen molar-refractivity contribution in [3.63, 3.8) is 0 Å². The molecule has 0 saturated heterocycles. The Morgan fingerprint density at radius 2 is 1.71 bits per heavy atom. The van der Waals surface area contributed by atoms with E-state index in [1.54, 1.807) is 25.9 Å². The molecule has 0 radical (unpaired) electrons. The van der Waals surface area contributed by atoms with Crippen LogP contribution in [0.3, 0.4) is 0 Å². The maximum absolute atomic E-state index is 14.1. The molecule has 4 fully saturated rings. The Morgan fingerprint density at radius 1 is 1.04 bits per heavy atom. The molecule has 9 nitrogen and oxygen atoms in total. The van der Waals surface area contributed by atoms with Crippen molar-refractivity contribution in [3.8, 4) is 0 Å². The highest BCUT2D eigenvalue weighted by molar-refractivity contribution is 6.00. The van der Waals surface area contributed by atoms with E-state index in [2.05, 4.69) is 33.4 Å². The Kier molecular flexibility index (Phi) is 10.6. The second kappa shape index (κ2) is 13.3. The molecule has 12 atom stereocenters. The van der Waals surface area contributed by atoms with Gasteiger partial charge in [0.15, 0.2) is 17.7 Å². The van der Waals surface area contributed by atoms with Crippen LogP contribution in [0.25, 0.3) is 0 Å². The summed E-state index contributed by atoms with van der Waals surface area (Å²) in [4.78, 5) is 65.8. The number of ketones is 2. The van der Waals surface area contributed by atoms with E-state index < -0.39 is 41.8 Å². The van der Waals surface area contributed by atoms with Crippen molar-refractivity contribution in [3.05, 3.63) is 24.3 Å². The third-order valence-electron chi connectivity index (χ3n) is 13.8. The van der Waals surface area contributed by atoms with Crippen LogP contribution in [0, 0.1) is 57.2 Å². The summed E-state index contributed by atoms with van der Waals surface area (Å²) in [7, 11) is 3.54. The molecule has 0 N–H and O–H groups in total. The van der Waals surface area contributed by atoms with Crippen molar-refractivity contribution in [1.29, 1.82) is 0 Å². The number of esters is 3. The van der Waals surface area contributed by atoms with Gasteiger partial charge in [0, 0.05) is 37.5 Å². The van der Waals surface area contributed by atoms with E-state index in [9.17, 15) is 24.0 Å². The second-order valence-corrected chi connectivity index (χ2v) is 16.4. The van der Waals surface area contributed by atoms with Gasteiger partial charge in [-0.1, -0.05) is 47.3 Å². The first-order chi connectivity index (χ1) is 21.8. The van der Waals surface area contributed by atoms with Gasteiger partial charge in [0.1, 0.15) is 6.10 Å². The predicted molar refractivity (Wildman–Crippen MR) is 183 cm³/mol. The van der Waals surface area contributed by atoms with Crippen molar-refractivity contribution in [2.45, 2.75) is 99.2 Å². The molecule has 268 valence electrons. The Morgan fingerprint density at radius 3 is 2.31 bits per heavy atom. The molecule has 0 unspecified atom stereocenters. The maximum atomic E-state index is 14.1. The normalized spacial score (nSPS) is 39.3. The largest absolute Gasteiger partial charge is 0.464 e. The van der Waals surface area contributed by atoms with E-state index in [-0.39, 0.29) is 76.4 Å². The molecule has 0 bridgehead atoms. The number of hydrogen-bond acceptors (Lipinski definition) is 9. The minimum absolute atomic E-state index is 0. The quantitative estimate of drug-likeness (QED) is 0.151. The van der Waals surface area contributed by atoms with Gasteiger partial charge in [-0.2, -0.15) is 0 Å². The van der Waals surface area contributed by atoms with E-state index in [1.165, 1.54) is 13.8 Å². The standard InChI is InChI=1S/C38H55NO8.ClH/c1-21(19-45-31(43)18-39(9)10)22(2)33(44)34(47-26(6)41)24(4)32-29(46-25(5)40)17-36(8)30-12-11-27-23(3)28(42)13-14-37(27)20-38(30,37)16-15-35(32,36)7;/h13-14,21,23-24,27,29-30,32,34H,2,11-12,15-20H2,1,3-10H3;1H/t21-,23-,24-,27-,29-,30-,32-,34+,35+,36-,37+,38-;/m0./s1. The highest BCUT2D eigenvalue weighted by Crippen LogP contribution is 2.87. The second-order valence-electron chi connectivity index (χ2n) is 16.4. The number of halogens is 1. The van der Waals surface area contributed by atoms with Crippen molar-refractivity contribution in [2.75, 3.05) is 27.2 Å². The molecule has 10 heteroatoms. The number of fused-ring (bicyclic) bond motifs is 2. The molecule has 0 aromatic heterocycles. The van der Waals surface area contributed by atoms with Gasteiger partial charge < -0.3 is 14.2 Å². The first-order valence-corrected chi connectivity index (χ1v) is 17.5. The summed E-state index contributed by atoms with van der Waals surface area (Å²) in [5.41, 5.74) is -0.121. The molecule has 2 spiro atoms. The van der Waals surface area contributed by atoms with Crippen molar-refractivity contribution in [2.24, 2.45) is 57.2 Å². The Labute approximate surface area is 292 Å². The highest BCUT2D eigenvalue weighted by Gasteiger charge is 2.81. The lowest BCUT2D eigenvalue weighted by Crippen LogP contribution is -2.56. The third kappa shape index (κ3) is 5.88. The Bertz CT molecular complexity index is 1390. The van der Waals surface area contributed by atoms with Crippen LogP contribution < -0.4 is 0 Å². The average Bonchev–Trinajstić information content (AvgIpc) is 3.59. The topological polar surface area (TPSA) is 116 Å². The van der Waals surface area contributed by atoms with Gasteiger partial charge in [-0.25, -0.2) is 0 Å². The zero-order valence-corrected chi connectivity index (χ0v) is 31.1. The van der Waals surface area contributed by atoms with Gasteiger partial charge >= 0.3 is 17.9 Å². The Balaban J connectivity index is 0.00000520. The van der Waals surface area contributed by atoms with E-state index in [4.69, 9.17) is 14.2 Å². The molecule has 0 aliphatic heterocycles. The minimum Gasteiger partial charge on any atom is -0.464 e. The molecular formula is C38H56ClNO8. The fourth-order valence-corrected chi connectivity index (χ4v) is 11.5. The van der Waals surface area contributed by atoms with Crippen molar-refractivity contribution in [1.82, 2.24) is 4.90 Å². The van der Waals surface area contributed by atoms with Crippen molar-refractivity contribution < 1.29 is 38.2 Å². The molecule has 0 heterocycles. The number of carbonyl (C=O) groups is 5. The fourth-order valence-electron chi connectivity index (χ4n) is 11.5. The van der Waals surface area contributed by atoms with Crippen LogP contribution in [0.15, 0.2) is 24.3 Å². The molecule has 5 aliphatic rings. The summed E-state index contributed by atoms with van der Waals surface area (Å²) in [6, 6.07) is 0. The maximum Gasteiger partial charge on any atom is 0.320 e. The van der Waals surface area contributed by atoms with Gasteiger partial charge in [-0.15, -0.1) is 12.4 Å². The smallest absolute Gasteiger partial charge is 0.320 e. The zero-order chi connectivity index (χ0) is 34.9. The minimum atomic E-state index is -1.13. The monoisotopic (exact) mass is 689 g/mol. The van der Waals surface area contributed by atoms with Gasteiger partial charge in [0.25, 0.3) is 0 Å². The van der Waals surface area contributed by atoms with Gasteiger partial charge in [-0.05, 0) is 97.8 Å². The molecule has 5 aliphatic carbocycles. The predicted octanol–water partition coefficient (Wildman–Crippen LogP) is 5.78. The zero-order valence-electron chi connectivity index (χ0n) is 30.3. The van der Waals surface area contributed by atoms with Crippen LogP contribution in [-0.2, 0) is 38.2 Å². The van der Waals surface area contributed by atoms with E-state index in [0.717, 1.165) is 32.1 Å². The SMILES string of the molecule is C=C(C(=O)[C@H](OC(C)=O)[C@@H](C)[C@H]1[C@@H](OC(C)=O)C[C@@]2(C)[C@@H]3CC[C@H]4[C@H](C)C(=O)C=C[C@@]45C[C@@]35CC[C@]12C)[C@@H](C)COC(=O)CN(C)C.Cl. The number of likely N-dealkylation sites (N-methyl/N-ethyl adjacent to an activating group) is 1. The van der Waals surface area contributed by atoms with Crippen LogP contribution in [0.1, 0.15) is 87.0 Å². The number of allylic oxidation sites excluding steroid dienone is 2. The van der Waals surface area contributed by atoms with E-state index >= 15 is 0 Å². The third-order valence-corrected chi connectivity index (χ3v) is 13.8. The molecule has 48 heavy (non-hydrogen) atoms. The van der Waals surface area contributed by atoms with E-state index in [0.29, 0.717) is 18.3 Å². The van der Waals surface area contributed by atoms with Crippen LogP contribution in [0.4, 0.5) is 0 Å². The molecular weight excluding hydrogens is 634 g/mol. The fraction of sp³-hybridized carbons (Fsp3) is 0.763. The first kappa shape index (κ1) is 38.3. The summed E-state index contributed by atoms with van der Waals surface area (Å²) in [6.07, 6.45) is 8.18. The van der Waals surface area contributed by atoms with Crippen LogP contribution in [-0.4, -0.2) is 73.8 Å². The first-order valence-electron chi connectivity index (χ1n) is 17.5. The summed E-state index contributed by atoms with van der Waals surface area (Å²) in [5, 5.41) is 0. The summed E-state index contributed by atoms with van der Waals surface area (Å²) < 4.78 is 17.4. The summed E-state index contributed by atoms with van der Waals surface area (Å²) in [5.74, 6) is -1.94. The lowest BCUT2D eigenvalue weighted by molar-refractivity contribution is -0.166. The van der Waals surface area contributed by atoms with E-state index in [1.807, 2.05) is 13.0 Å². The number of nitrogens with zero attached hydrogens (tertiary/aromatic N) is 1. The lowest BCUT2D eigenvalue weighted by atomic mass is 9.43. The van der Waals surface area contributed by atoms with Gasteiger partial charge in [-0.3, -0.25) is 28.9 Å². The molecule has 0 amide bonds. The number of ether oxygens (including phenoxy) is 3. The number of rotatable bonds is 11. The van der Waals surface area contributed by atoms with Gasteiger partial charge in [0.2, 0.25) is 0 Å². The number of carbonyl (C=O) groups excluding carboxylic acids is 5. The van der Waals surface area contributed by atoms with Crippen LogP contribution in [0.2, 0.25) is 0 Å². The van der Waals surface area contributed by atoms with Crippen LogP contribution in [0.5, 0.6) is 0 Å². The van der Waals surface area contributed by atoms with Gasteiger partial charge in [0.05, 0.1) is 13.2 Å². The molecule has 5 rings (SSSR count).